The average molecular weight is 402 g/mol. The first kappa shape index (κ1) is 19.5. The zero-order valence-corrected chi connectivity index (χ0v) is 16.6. The molecule has 1 amide bonds. The number of allylic oxidation sites excluding steroid dienone is 3. The van der Waals surface area contributed by atoms with E-state index >= 15 is 0 Å². The van der Waals surface area contributed by atoms with Gasteiger partial charge in [0, 0.05) is 35.8 Å². The van der Waals surface area contributed by atoms with Crippen molar-refractivity contribution in [2.75, 3.05) is 13.1 Å². The summed E-state index contributed by atoms with van der Waals surface area (Å²) in [7, 11) is 0. The number of H-pyrrole nitrogens is 1. The first-order valence-corrected chi connectivity index (χ1v) is 10.0. The number of aromatic amines is 1. The lowest BCUT2D eigenvalue weighted by molar-refractivity contribution is 0.124. The number of hydrogen-bond donors (Lipinski definition) is 3. The number of fused-ring (bicyclic) bond motifs is 1. The third-order valence-corrected chi connectivity index (χ3v) is 5.97. The average Bonchev–Trinajstić information content (AvgIpc) is 3.25. The number of amides is 1. The number of piperidine rings is 1. The molecule has 152 valence electrons. The van der Waals surface area contributed by atoms with Crippen LogP contribution in [0.1, 0.15) is 37.7 Å². The summed E-state index contributed by atoms with van der Waals surface area (Å²) < 4.78 is 0. The third kappa shape index (κ3) is 3.27. The van der Waals surface area contributed by atoms with Gasteiger partial charge in [-0.3, -0.25) is 5.10 Å². The molecule has 1 fully saturated rings. The van der Waals surface area contributed by atoms with Crippen molar-refractivity contribution in [3.05, 3.63) is 52.5 Å². The molecule has 1 aromatic carbocycles. The Balaban J connectivity index is 1.84. The molecule has 0 spiro atoms. The fourth-order valence-corrected chi connectivity index (χ4v) is 4.49. The smallest absolute Gasteiger partial charge is 0.407 e. The zero-order chi connectivity index (χ0) is 21.3. The molecular weight excluding hydrogens is 380 g/mol. The Hall–Kier alpha value is -3.78. The Kier molecular flexibility index (Phi) is 5.16. The minimum Gasteiger partial charge on any atom is -0.465 e. The Morgan fingerprint density at radius 2 is 2.13 bits per heavy atom. The molecule has 0 radical (unpaired) electrons. The summed E-state index contributed by atoms with van der Waals surface area (Å²) in [6.45, 7) is 2.81. The lowest BCUT2D eigenvalue weighted by atomic mass is 9.77. The van der Waals surface area contributed by atoms with Gasteiger partial charge in [-0.25, -0.2) is 4.79 Å². The Morgan fingerprint density at radius 1 is 1.33 bits per heavy atom. The van der Waals surface area contributed by atoms with Crippen LogP contribution in [0.25, 0.3) is 10.9 Å². The normalized spacial score (nSPS) is 21.9. The maximum absolute atomic E-state index is 11.5. The van der Waals surface area contributed by atoms with Crippen molar-refractivity contribution in [2.45, 2.75) is 32.1 Å². The summed E-state index contributed by atoms with van der Waals surface area (Å²) in [5.41, 5.74) is 4.30. The van der Waals surface area contributed by atoms with Gasteiger partial charge in [-0.05, 0) is 37.0 Å². The highest BCUT2D eigenvalue weighted by molar-refractivity contribution is 5.79. The molecule has 1 saturated heterocycles. The first-order valence-electron chi connectivity index (χ1n) is 10.0. The highest BCUT2D eigenvalue weighted by atomic mass is 16.4. The minimum atomic E-state index is -0.944. The van der Waals surface area contributed by atoms with Gasteiger partial charge in [-0.15, -0.1) is 0 Å². The van der Waals surface area contributed by atoms with Gasteiger partial charge >= 0.3 is 6.09 Å². The molecule has 0 saturated carbocycles. The van der Waals surface area contributed by atoms with Crippen LogP contribution in [0.5, 0.6) is 0 Å². The number of nitrogens with one attached hydrogen (secondary N) is 2. The van der Waals surface area contributed by atoms with Crippen molar-refractivity contribution in [1.82, 2.24) is 20.4 Å². The summed E-state index contributed by atoms with van der Waals surface area (Å²) in [5.74, 6) is -0.586. The molecule has 8 nitrogen and oxygen atoms in total. The first-order chi connectivity index (χ1) is 14.6. The van der Waals surface area contributed by atoms with Crippen molar-refractivity contribution in [2.24, 2.45) is 5.92 Å². The highest BCUT2D eigenvalue weighted by Gasteiger charge is 2.36. The number of carbonyl (C=O) groups is 1. The number of nitriles is 2. The number of likely N-dealkylation sites (tertiary alicyclic amines) is 1. The molecule has 2 aliphatic rings. The lowest BCUT2D eigenvalue weighted by Crippen LogP contribution is -2.42. The van der Waals surface area contributed by atoms with Gasteiger partial charge in [-0.2, -0.15) is 15.6 Å². The molecule has 8 heteroatoms. The monoisotopic (exact) mass is 402 g/mol. The molecule has 2 aliphatic heterocycles. The SMILES string of the molecule is CCC1=C(C#N)C(c2ccc3[nH]ncc3c2)C(C#N)=C(C2CCCN(C(=O)O)C2)N1. The number of nitrogens with zero attached hydrogens (tertiary/aromatic N) is 4. The van der Waals surface area contributed by atoms with E-state index in [0.29, 0.717) is 30.7 Å². The van der Waals surface area contributed by atoms with Crippen LogP contribution >= 0.6 is 0 Å². The van der Waals surface area contributed by atoms with E-state index in [2.05, 4.69) is 27.7 Å². The maximum atomic E-state index is 11.5. The van der Waals surface area contributed by atoms with Gasteiger partial charge in [0.05, 0.1) is 40.9 Å². The van der Waals surface area contributed by atoms with E-state index in [1.54, 1.807) is 6.20 Å². The molecule has 0 bridgehead atoms. The van der Waals surface area contributed by atoms with E-state index in [1.165, 1.54) is 4.90 Å². The predicted molar refractivity (Wildman–Crippen MR) is 110 cm³/mol. The van der Waals surface area contributed by atoms with Crippen molar-refractivity contribution in [3.8, 4) is 12.1 Å². The summed E-state index contributed by atoms with van der Waals surface area (Å²) >= 11 is 0. The quantitative estimate of drug-likeness (QED) is 0.719. The molecule has 0 aliphatic carbocycles. The van der Waals surface area contributed by atoms with Crippen LogP contribution in [0.4, 0.5) is 4.79 Å². The molecule has 2 aromatic rings. The lowest BCUT2D eigenvalue weighted by Gasteiger charge is -2.37. The predicted octanol–water partition coefficient (Wildman–Crippen LogP) is 3.61. The number of benzene rings is 1. The number of aromatic nitrogens is 2. The number of dihydropyridines is 1. The summed E-state index contributed by atoms with van der Waals surface area (Å²) in [6, 6.07) is 10.4. The van der Waals surface area contributed by atoms with Crippen molar-refractivity contribution >= 4 is 17.0 Å². The molecule has 3 N–H and O–H groups in total. The fourth-order valence-electron chi connectivity index (χ4n) is 4.49. The van der Waals surface area contributed by atoms with E-state index in [1.807, 2.05) is 25.1 Å². The van der Waals surface area contributed by atoms with Gasteiger partial charge in [0.2, 0.25) is 0 Å². The second-order valence-electron chi connectivity index (χ2n) is 7.64. The van der Waals surface area contributed by atoms with Crippen molar-refractivity contribution in [3.63, 3.8) is 0 Å². The second kappa shape index (κ2) is 7.92. The van der Waals surface area contributed by atoms with E-state index in [9.17, 15) is 20.4 Å². The minimum absolute atomic E-state index is 0.105. The second-order valence-corrected chi connectivity index (χ2v) is 7.64. The molecular formula is C22H22N6O2. The fraction of sp³-hybridized carbons (Fsp3) is 0.364. The molecule has 30 heavy (non-hydrogen) atoms. The Morgan fingerprint density at radius 3 is 2.83 bits per heavy atom. The summed E-state index contributed by atoms with van der Waals surface area (Å²) in [5, 5.41) is 40.7. The third-order valence-electron chi connectivity index (χ3n) is 5.97. The van der Waals surface area contributed by atoms with E-state index in [-0.39, 0.29) is 5.92 Å². The number of carboxylic acid groups (broad SMARTS) is 1. The van der Waals surface area contributed by atoms with Gasteiger partial charge in [-0.1, -0.05) is 13.0 Å². The Bertz CT molecular complexity index is 1150. The van der Waals surface area contributed by atoms with Gasteiger partial charge in [0.15, 0.2) is 0 Å². The number of hydrogen-bond acceptors (Lipinski definition) is 5. The molecule has 3 heterocycles. The Labute approximate surface area is 174 Å². The largest absolute Gasteiger partial charge is 0.465 e. The maximum Gasteiger partial charge on any atom is 0.407 e. The van der Waals surface area contributed by atoms with Crippen molar-refractivity contribution in [1.29, 1.82) is 10.5 Å². The number of rotatable bonds is 3. The van der Waals surface area contributed by atoms with Crippen LogP contribution in [-0.2, 0) is 0 Å². The van der Waals surface area contributed by atoms with Crippen LogP contribution in [0.2, 0.25) is 0 Å². The zero-order valence-electron chi connectivity index (χ0n) is 16.6. The van der Waals surface area contributed by atoms with Crippen LogP contribution in [0.15, 0.2) is 46.9 Å². The summed E-state index contributed by atoms with van der Waals surface area (Å²) in [6.07, 6.45) is 2.93. The highest BCUT2D eigenvalue weighted by Crippen LogP contribution is 2.41. The van der Waals surface area contributed by atoms with Crippen molar-refractivity contribution < 1.29 is 9.90 Å². The molecule has 1 aromatic heterocycles. The topological polar surface area (TPSA) is 129 Å². The van der Waals surface area contributed by atoms with E-state index < -0.39 is 12.0 Å². The van der Waals surface area contributed by atoms with Gasteiger partial charge in [0.25, 0.3) is 0 Å². The van der Waals surface area contributed by atoms with Crippen LogP contribution in [0.3, 0.4) is 0 Å². The standard InChI is InChI=1S/C22H22N6O2/c1-2-18-16(9-23)20(13-5-6-19-15(8-13)11-25-27-19)17(10-24)21(26-18)14-4-3-7-28(12-14)22(29)30/h5-6,8,11,14,20,26H,2-4,7,12H2,1H3,(H,25,27)(H,29,30). The van der Waals surface area contributed by atoms with E-state index in [4.69, 9.17) is 0 Å². The van der Waals surface area contributed by atoms with Gasteiger partial charge < -0.3 is 15.3 Å². The molecule has 2 unspecified atom stereocenters. The summed E-state index contributed by atoms with van der Waals surface area (Å²) in [4.78, 5) is 12.9. The van der Waals surface area contributed by atoms with Crippen LogP contribution in [0, 0.1) is 28.6 Å². The van der Waals surface area contributed by atoms with Crippen LogP contribution in [-0.4, -0.2) is 39.4 Å². The molecule has 2 atom stereocenters. The molecule has 4 rings (SSSR count). The van der Waals surface area contributed by atoms with Crippen LogP contribution < -0.4 is 5.32 Å². The van der Waals surface area contributed by atoms with Gasteiger partial charge in [0.1, 0.15) is 0 Å². The van der Waals surface area contributed by atoms with E-state index in [0.717, 1.165) is 40.7 Å².